The standard InChI is InChI=1S/C23H26FN3O2S/c1-14(2)26-23-9-6-17(13-25-23)20-10-16(4)21(11-15(20)3)19-8-7-18(12-22(19)24)27-30(5,28)29/h6-14,27H,1-5H3,(H,25,26). The Labute approximate surface area is 177 Å². The lowest BCUT2D eigenvalue weighted by atomic mass is 9.92. The van der Waals surface area contributed by atoms with Crippen molar-refractivity contribution >= 4 is 21.5 Å². The lowest BCUT2D eigenvalue weighted by molar-refractivity contribution is 0.606. The topological polar surface area (TPSA) is 71.1 Å². The van der Waals surface area contributed by atoms with Crippen LogP contribution in [0.2, 0.25) is 0 Å². The average Bonchev–Trinajstić information content (AvgIpc) is 2.63. The molecular formula is C23H26FN3O2S. The van der Waals surface area contributed by atoms with Crippen LogP contribution in [0.1, 0.15) is 25.0 Å². The van der Waals surface area contributed by atoms with Crippen LogP contribution >= 0.6 is 0 Å². The minimum atomic E-state index is -3.46. The lowest BCUT2D eigenvalue weighted by Crippen LogP contribution is -2.10. The first-order chi connectivity index (χ1) is 14.0. The third-order valence-corrected chi connectivity index (χ3v) is 5.25. The number of aromatic nitrogens is 1. The minimum Gasteiger partial charge on any atom is -0.368 e. The van der Waals surface area contributed by atoms with Crippen molar-refractivity contribution in [2.24, 2.45) is 0 Å². The van der Waals surface area contributed by atoms with Crippen molar-refractivity contribution in [3.8, 4) is 22.3 Å². The van der Waals surface area contributed by atoms with Crippen molar-refractivity contribution < 1.29 is 12.8 Å². The van der Waals surface area contributed by atoms with Crippen molar-refractivity contribution in [1.82, 2.24) is 4.98 Å². The quantitative estimate of drug-likeness (QED) is 0.555. The van der Waals surface area contributed by atoms with Crippen molar-refractivity contribution in [2.75, 3.05) is 16.3 Å². The number of halogens is 1. The maximum absolute atomic E-state index is 14.7. The van der Waals surface area contributed by atoms with E-state index < -0.39 is 15.8 Å². The highest BCUT2D eigenvalue weighted by atomic mass is 32.2. The van der Waals surface area contributed by atoms with E-state index in [0.29, 0.717) is 11.6 Å². The summed E-state index contributed by atoms with van der Waals surface area (Å²) >= 11 is 0. The molecule has 0 aliphatic carbocycles. The van der Waals surface area contributed by atoms with Gasteiger partial charge in [0.2, 0.25) is 10.0 Å². The molecule has 1 heterocycles. The highest BCUT2D eigenvalue weighted by Gasteiger charge is 2.13. The summed E-state index contributed by atoms with van der Waals surface area (Å²) < 4.78 is 39.8. The number of pyridine rings is 1. The third-order valence-electron chi connectivity index (χ3n) is 4.64. The van der Waals surface area contributed by atoms with Crippen LogP contribution in [0.3, 0.4) is 0 Å². The van der Waals surface area contributed by atoms with Gasteiger partial charge in [0.15, 0.2) is 0 Å². The molecule has 0 atom stereocenters. The van der Waals surface area contributed by atoms with Crippen LogP contribution in [0.4, 0.5) is 15.9 Å². The van der Waals surface area contributed by atoms with E-state index in [1.54, 1.807) is 12.1 Å². The number of nitrogens with one attached hydrogen (secondary N) is 2. The SMILES string of the molecule is Cc1cc(-c2ccc(NS(C)(=O)=O)cc2F)c(C)cc1-c1ccc(NC(C)C)nc1. The lowest BCUT2D eigenvalue weighted by Gasteiger charge is -2.15. The molecule has 3 aromatic rings. The van der Waals surface area contributed by atoms with Gasteiger partial charge in [-0.1, -0.05) is 12.1 Å². The van der Waals surface area contributed by atoms with E-state index in [4.69, 9.17) is 0 Å². The summed E-state index contributed by atoms with van der Waals surface area (Å²) in [6.45, 7) is 8.04. The predicted octanol–water partition coefficient (Wildman–Crippen LogP) is 5.36. The van der Waals surface area contributed by atoms with Crippen LogP contribution in [-0.2, 0) is 10.0 Å². The molecule has 5 nitrogen and oxygen atoms in total. The van der Waals surface area contributed by atoms with Gasteiger partial charge >= 0.3 is 0 Å². The zero-order valence-corrected chi connectivity index (χ0v) is 18.6. The molecule has 30 heavy (non-hydrogen) atoms. The van der Waals surface area contributed by atoms with Crippen LogP contribution < -0.4 is 10.0 Å². The van der Waals surface area contributed by atoms with Gasteiger partial charge in [-0.15, -0.1) is 0 Å². The molecule has 2 aromatic carbocycles. The van der Waals surface area contributed by atoms with Gasteiger partial charge < -0.3 is 5.32 Å². The molecule has 3 rings (SSSR count). The van der Waals surface area contributed by atoms with Crippen LogP contribution in [0.5, 0.6) is 0 Å². The molecule has 2 N–H and O–H groups in total. The van der Waals surface area contributed by atoms with Crippen molar-refractivity contribution in [2.45, 2.75) is 33.7 Å². The summed E-state index contributed by atoms with van der Waals surface area (Å²) in [7, 11) is -3.46. The van der Waals surface area contributed by atoms with Crippen molar-refractivity contribution in [3.05, 3.63) is 65.6 Å². The second-order valence-electron chi connectivity index (χ2n) is 7.78. The number of aryl methyl sites for hydroxylation is 2. The molecule has 0 aliphatic heterocycles. The van der Waals surface area contributed by atoms with Crippen molar-refractivity contribution in [3.63, 3.8) is 0 Å². The highest BCUT2D eigenvalue weighted by molar-refractivity contribution is 7.92. The van der Waals surface area contributed by atoms with Gasteiger partial charge in [0, 0.05) is 23.4 Å². The van der Waals surface area contributed by atoms with E-state index >= 15 is 0 Å². The van der Waals surface area contributed by atoms with Crippen molar-refractivity contribution in [1.29, 1.82) is 0 Å². The molecule has 0 saturated carbocycles. The molecular weight excluding hydrogens is 401 g/mol. The van der Waals surface area contributed by atoms with Crippen LogP contribution in [0, 0.1) is 19.7 Å². The Balaban J connectivity index is 1.95. The van der Waals surface area contributed by atoms with Gasteiger partial charge in [0.25, 0.3) is 0 Å². The number of rotatable bonds is 6. The Bertz CT molecular complexity index is 1170. The normalized spacial score (nSPS) is 11.6. The maximum atomic E-state index is 14.7. The Kier molecular flexibility index (Phi) is 6.12. The van der Waals surface area contributed by atoms with E-state index in [1.165, 1.54) is 6.07 Å². The number of hydrogen-bond donors (Lipinski definition) is 2. The van der Waals surface area contributed by atoms with E-state index in [-0.39, 0.29) is 5.69 Å². The zero-order chi connectivity index (χ0) is 22.1. The minimum absolute atomic E-state index is 0.200. The molecule has 1 aromatic heterocycles. The van der Waals surface area contributed by atoms with Crippen LogP contribution in [0.25, 0.3) is 22.3 Å². The number of benzene rings is 2. The molecule has 0 unspecified atom stereocenters. The third kappa shape index (κ3) is 5.16. The first-order valence-corrected chi connectivity index (χ1v) is 11.5. The Morgan fingerprint density at radius 2 is 1.60 bits per heavy atom. The summed E-state index contributed by atoms with van der Waals surface area (Å²) in [6.07, 6.45) is 2.86. The fraction of sp³-hybridized carbons (Fsp3) is 0.261. The van der Waals surface area contributed by atoms with Gasteiger partial charge in [-0.2, -0.15) is 0 Å². The predicted molar refractivity (Wildman–Crippen MR) is 122 cm³/mol. The van der Waals surface area contributed by atoms with Gasteiger partial charge in [-0.05, 0) is 80.3 Å². The first-order valence-electron chi connectivity index (χ1n) is 9.65. The smallest absolute Gasteiger partial charge is 0.229 e. The zero-order valence-electron chi connectivity index (χ0n) is 17.7. The van der Waals surface area contributed by atoms with Gasteiger partial charge in [0.1, 0.15) is 11.6 Å². The van der Waals surface area contributed by atoms with Crippen LogP contribution in [-0.4, -0.2) is 25.7 Å². The largest absolute Gasteiger partial charge is 0.368 e. The van der Waals surface area contributed by atoms with E-state index in [9.17, 15) is 12.8 Å². The highest BCUT2D eigenvalue weighted by Crippen LogP contribution is 2.34. The average molecular weight is 428 g/mol. The molecule has 0 aliphatic rings. The second kappa shape index (κ2) is 8.44. The Morgan fingerprint density at radius 3 is 2.17 bits per heavy atom. The summed E-state index contributed by atoms with van der Waals surface area (Å²) in [5.41, 5.74) is 5.34. The molecule has 0 bridgehead atoms. The van der Waals surface area contributed by atoms with Gasteiger partial charge in [-0.25, -0.2) is 17.8 Å². The van der Waals surface area contributed by atoms with Crippen LogP contribution in [0.15, 0.2) is 48.7 Å². The molecule has 0 spiro atoms. The monoisotopic (exact) mass is 427 g/mol. The van der Waals surface area contributed by atoms with E-state index in [0.717, 1.165) is 39.9 Å². The molecule has 7 heteroatoms. The molecule has 0 saturated heterocycles. The summed E-state index contributed by atoms with van der Waals surface area (Å²) in [5, 5.41) is 3.27. The number of nitrogens with zero attached hydrogens (tertiary/aromatic N) is 1. The molecule has 158 valence electrons. The van der Waals surface area contributed by atoms with Gasteiger partial charge in [-0.3, -0.25) is 4.72 Å². The maximum Gasteiger partial charge on any atom is 0.229 e. The number of sulfonamides is 1. The summed E-state index contributed by atoms with van der Waals surface area (Å²) in [5.74, 6) is 0.342. The summed E-state index contributed by atoms with van der Waals surface area (Å²) in [4.78, 5) is 4.47. The van der Waals surface area contributed by atoms with Gasteiger partial charge in [0.05, 0.1) is 11.9 Å². The summed E-state index contributed by atoms with van der Waals surface area (Å²) in [6, 6.07) is 12.6. The molecule has 0 fully saturated rings. The molecule has 0 radical (unpaired) electrons. The first kappa shape index (κ1) is 21.8. The number of hydrogen-bond acceptors (Lipinski definition) is 4. The Hall–Kier alpha value is -2.93. The van der Waals surface area contributed by atoms with E-state index in [1.807, 2.05) is 44.3 Å². The second-order valence-corrected chi connectivity index (χ2v) is 9.53. The fourth-order valence-corrected chi connectivity index (χ4v) is 3.92. The van der Waals surface area contributed by atoms with E-state index in [2.05, 4.69) is 28.9 Å². The number of anilines is 2. The Morgan fingerprint density at radius 1 is 0.933 bits per heavy atom. The fourth-order valence-electron chi connectivity index (χ4n) is 3.36. The molecule has 0 amide bonds.